The lowest BCUT2D eigenvalue weighted by molar-refractivity contribution is -0.142. The molecule has 2 rings (SSSR count). The minimum Gasteiger partial charge on any atom is -0.481 e. The van der Waals surface area contributed by atoms with E-state index in [1.165, 1.54) is 17.7 Å². The molecule has 6 heteroatoms. The van der Waals surface area contributed by atoms with E-state index in [0.717, 1.165) is 6.42 Å². The van der Waals surface area contributed by atoms with E-state index in [4.69, 9.17) is 9.84 Å². The van der Waals surface area contributed by atoms with E-state index in [1.807, 2.05) is 0 Å². The number of nitrogens with one attached hydrogen (secondary N) is 1. The van der Waals surface area contributed by atoms with Gasteiger partial charge >= 0.3 is 12.0 Å². The lowest BCUT2D eigenvalue weighted by Gasteiger charge is -2.27. The number of carboxylic acid groups (broad SMARTS) is 1. The van der Waals surface area contributed by atoms with Crippen molar-refractivity contribution in [3.63, 3.8) is 0 Å². The van der Waals surface area contributed by atoms with Crippen LogP contribution in [0.15, 0.2) is 0 Å². The average Bonchev–Trinajstić information content (AvgIpc) is 3.03. The van der Waals surface area contributed by atoms with Crippen LogP contribution in [0.25, 0.3) is 0 Å². The fourth-order valence-corrected chi connectivity index (χ4v) is 3.18. The lowest BCUT2D eigenvalue weighted by atomic mass is 9.98. The highest BCUT2D eigenvalue weighted by atomic mass is 16.5. The number of carbonyl (C=O) groups excluding carboxylic acids is 1. The maximum atomic E-state index is 12.1. The van der Waals surface area contributed by atoms with Crippen LogP contribution in [-0.2, 0) is 9.53 Å². The third-order valence-electron chi connectivity index (χ3n) is 4.74. The first-order chi connectivity index (χ1) is 9.50. The van der Waals surface area contributed by atoms with Crippen molar-refractivity contribution in [1.29, 1.82) is 0 Å². The zero-order chi connectivity index (χ0) is 14.7. The van der Waals surface area contributed by atoms with Gasteiger partial charge in [-0.05, 0) is 18.3 Å². The number of ether oxygens (including phenoxy) is 1. The van der Waals surface area contributed by atoms with Crippen LogP contribution in [0.2, 0.25) is 0 Å². The van der Waals surface area contributed by atoms with E-state index in [9.17, 15) is 9.59 Å². The number of amides is 2. The summed E-state index contributed by atoms with van der Waals surface area (Å²) in [5.74, 6) is -0.336. The predicted molar refractivity (Wildman–Crippen MR) is 73.4 cm³/mol. The second kappa shape index (κ2) is 6.43. The molecule has 0 bridgehead atoms. The minimum absolute atomic E-state index is 0.178. The standard InChI is InChI=1S/C14H24N2O4/c1-9-4-3-5-10(9)6-15-14(19)16(2)12-8-20-7-11(12)13(17)18/h9-12H,3-8H2,1-2H3,(H,15,19)(H,17,18). The molecule has 0 aromatic rings. The first kappa shape index (κ1) is 15.1. The van der Waals surface area contributed by atoms with Crippen molar-refractivity contribution < 1.29 is 19.4 Å². The van der Waals surface area contributed by atoms with E-state index >= 15 is 0 Å². The van der Waals surface area contributed by atoms with Gasteiger partial charge in [-0.15, -0.1) is 0 Å². The topological polar surface area (TPSA) is 78.9 Å². The van der Waals surface area contributed by atoms with E-state index < -0.39 is 11.9 Å². The van der Waals surface area contributed by atoms with Crippen molar-refractivity contribution in [1.82, 2.24) is 10.2 Å². The van der Waals surface area contributed by atoms with Crippen molar-refractivity contribution in [2.75, 3.05) is 26.8 Å². The molecule has 1 saturated carbocycles. The summed E-state index contributed by atoms with van der Waals surface area (Å²) in [7, 11) is 1.64. The summed E-state index contributed by atoms with van der Waals surface area (Å²) in [6, 6.07) is -0.584. The molecule has 2 N–H and O–H groups in total. The molecule has 4 unspecified atom stereocenters. The zero-order valence-electron chi connectivity index (χ0n) is 12.2. The van der Waals surface area contributed by atoms with Gasteiger partial charge in [-0.1, -0.05) is 19.8 Å². The number of rotatable bonds is 4. The average molecular weight is 284 g/mol. The van der Waals surface area contributed by atoms with Gasteiger partial charge in [-0.25, -0.2) is 4.79 Å². The Morgan fingerprint density at radius 1 is 1.35 bits per heavy atom. The van der Waals surface area contributed by atoms with E-state index in [-0.39, 0.29) is 18.7 Å². The molecule has 0 radical (unpaired) electrons. The summed E-state index contributed by atoms with van der Waals surface area (Å²) in [5.41, 5.74) is 0. The molecule has 2 amide bonds. The molecule has 2 aliphatic rings. The van der Waals surface area contributed by atoms with Crippen LogP contribution in [0.5, 0.6) is 0 Å². The number of carbonyl (C=O) groups is 2. The van der Waals surface area contributed by atoms with Gasteiger partial charge in [0.05, 0.1) is 19.3 Å². The smallest absolute Gasteiger partial charge is 0.317 e. The lowest BCUT2D eigenvalue weighted by Crippen LogP contribution is -2.49. The maximum Gasteiger partial charge on any atom is 0.317 e. The minimum atomic E-state index is -0.906. The van der Waals surface area contributed by atoms with Crippen LogP contribution in [0.4, 0.5) is 4.79 Å². The molecule has 0 aromatic carbocycles. The SMILES string of the molecule is CC1CCCC1CNC(=O)N(C)C1COCC1C(=O)O. The Morgan fingerprint density at radius 2 is 2.10 bits per heavy atom. The Balaban J connectivity index is 1.83. The molecule has 114 valence electrons. The van der Waals surface area contributed by atoms with Crippen LogP contribution in [-0.4, -0.2) is 54.9 Å². The Labute approximate surface area is 119 Å². The number of hydrogen-bond donors (Lipinski definition) is 2. The third-order valence-corrected chi connectivity index (χ3v) is 4.74. The van der Waals surface area contributed by atoms with Crippen LogP contribution < -0.4 is 5.32 Å². The first-order valence-corrected chi connectivity index (χ1v) is 7.32. The summed E-state index contributed by atoms with van der Waals surface area (Å²) < 4.78 is 5.19. The van der Waals surface area contributed by atoms with Gasteiger partial charge in [-0.3, -0.25) is 4.79 Å². The fourth-order valence-electron chi connectivity index (χ4n) is 3.18. The van der Waals surface area contributed by atoms with Gasteiger partial charge in [0.1, 0.15) is 5.92 Å². The molecule has 1 aliphatic heterocycles. The summed E-state index contributed by atoms with van der Waals surface area (Å²) in [4.78, 5) is 24.7. The zero-order valence-corrected chi connectivity index (χ0v) is 12.2. The highest BCUT2D eigenvalue weighted by Crippen LogP contribution is 2.30. The second-order valence-electron chi connectivity index (χ2n) is 6.01. The largest absolute Gasteiger partial charge is 0.481 e. The summed E-state index contributed by atoms with van der Waals surface area (Å²) >= 11 is 0. The van der Waals surface area contributed by atoms with Crippen molar-refractivity contribution in [3.8, 4) is 0 Å². The molecule has 0 aromatic heterocycles. The number of aliphatic carboxylic acids is 1. The summed E-state index contributed by atoms with van der Waals surface area (Å²) in [6.45, 7) is 3.37. The normalized spacial score (nSPS) is 33.1. The molecule has 6 nitrogen and oxygen atoms in total. The summed E-state index contributed by atoms with van der Waals surface area (Å²) in [5, 5.41) is 12.0. The molecule has 1 aliphatic carbocycles. The van der Waals surface area contributed by atoms with Crippen molar-refractivity contribution in [2.45, 2.75) is 32.2 Å². The number of likely N-dealkylation sites (N-methyl/N-ethyl adjacent to an activating group) is 1. The Morgan fingerprint density at radius 3 is 2.70 bits per heavy atom. The fraction of sp³-hybridized carbons (Fsp3) is 0.857. The number of carboxylic acids is 1. The van der Waals surface area contributed by atoms with E-state index in [1.54, 1.807) is 7.05 Å². The highest BCUT2D eigenvalue weighted by Gasteiger charge is 2.38. The number of urea groups is 1. The van der Waals surface area contributed by atoms with Crippen LogP contribution in [0, 0.1) is 17.8 Å². The molecule has 0 spiro atoms. The van der Waals surface area contributed by atoms with Crippen molar-refractivity contribution in [3.05, 3.63) is 0 Å². The first-order valence-electron chi connectivity index (χ1n) is 7.32. The Bertz CT molecular complexity index is 374. The van der Waals surface area contributed by atoms with Gasteiger partial charge in [-0.2, -0.15) is 0 Å². The Kier molecular flexibility index (Phi) is 4.86. The molecule has 1 heterocycles. The summed E-state index contributed by atoms with van der Waals surface area (Å²) in [6.07, 6.45) is 3.62. The van der Waals surface area contributed by atoms with Gasteiger partial charge in [0.2, 0.25) is 0 Å². The van der Waals surface area contributed by atoms with Gasteiger partial charge < -0.3 is 20.1 Å². The van der Waals surface area contributed by atoms with Crippen LogP contribution in [0.1, 0.15) is 26.2 Å². The van der Waals surface area contributed by atoms with Crippen molar-refractivity contribution in [2.24, 2.45) is 17.8 Å². The van der Waals surface area contributed by atoms with Gasteiger partial charge in [0.15, 0.2) is 0 Å². The van der Waals surface area contributed by atoms with Gasteiger partial charge in [0, 0.05) is 13.6 Å². The molecule has 1 saturated heterocycles. The molecular weight excluding hydrogens is 260 g/mol. The molecule has 2 fully saturated rings. The predicted octanol–water partition coefficient (Wildman–Crippen LogP) is 1.16. The highest BCUT2D eigenvalue weighted by molar-refractivity contribution is 5.77. The van der Waals surface area contributed by atoms with Crippen molar-refractivity contribution >= 4 is 12.0 Å². The van der Waals surface area contributed by atoms with E-state index in [0.29, 0.717) is 25.0 Å². The molecule has 20 heavy (non-hydrogen) atoms. The second-order valence-corrected chi connectivity index (χ2v) is 6.01. The maximum absolute atomic E-state index is 12.1. The third kappa shape index (κ3) is 3.23. The molecule has 4 atom stereocenters. The number of hydrogen-bond acceptors (Lipinski definition) is 3. The molecular formula is C14H24N2O4. The van der Waals surface area contributed by atoms with Crippen LogP contribution in [0.3, 0.4) is 0 Å². The monoisotopic (exact) mass is 284 g/mol. The van der Waals surface area contributed by atoms with Gasteiger partial charge in [0.25, 0.3) is 0 Å². The van der Waals surface area contributed by atoms with Crippen LogP contribution >= 0.6 is 0 Å². The Hall–Kier alpha value is -1.30. The van der Waals surface area contributed by atoms with E-state index in [2.05, 4.69) is 12.2 Å². The number of nitrogens with zero attached hydrogens (tertiary/aromatic N) is 1. The quantitative estimate of drug-likeness (QED) is 0.812.